The Bertz CT molecular complexity index is 930. The molecule has 4 rings (SSSR count). The van der Waals surface area contributed by atoms with Crippen LogP contribution in [0.25, 0.3) is 0 Å². The predicted molar refractivity (Wildman–Crippen MR) is 121 cm³/mol. The molecule has 3 nitrogen and oxygen atoms in total. The number of thioether (sulfide) groups is 1. The highest BCUT2D eigenvalue weighted by molar-refractivity contribution is 7.99. The third-order valence-electron chi connectivity index (χ3n) is 5.22. The van der Waals surface area contributed by atoms with E-state index in [0.29, 0.717) is 18.3 Å². The average molecular weight is 403 g/mol. The van der Waals surface area contributed by atoms with Crippen LogP contribution in [-0.2, 0) is 11.2 Å². The minimum Gasteiger partial charge on any atom is -0.361 e. The first kappa shape index (κ1) is 19.6. The molecule has 29 heavy (non-hydrogen) atoms. The number of carbonyl (C=O) groups excluding carboxylic acids is 1. The number of nitrogens with zero attached hydrogens (tertiary/aromatic N) is 1. The fourth-order valence-corrected chi connectivity index (χ4v) is 5.01. The van der Waals surface area contributed by atoms with Crippen LogP contribution in [0.2, 0.25) is 0 Å². The average Bonchev–Trinajstić information content (AvgIpc) is 2.95. The Kier molecular flexibility index (Phi) is 6.52. The third kappa shape index (κ3) is 5.21. The van der Waals surface area contributed by atoms with Crippen molar-refractivity contribution < 1.29 is 4.79 Å². The van der Waals surface area contributed by atoms with Crippen molar-refractivity contribution in [3.63, 3.8) is 0 Å². The van der Waals surface area contributed by atoms with Gasteiger partial charge in [-0.05, 0) is 36.1 Å². The fraction of sp³-hybridized carbons (Fsp3) is 0.240. The van der Waals surface area contributed by atoms with Crippen LogP contribution in [0.15, 0.2) is 89.8 Å². The van der Waals surface area contributed by atoms with Crippen molar-refractivity contribution in [2.24, 2.45) is 0 Å². The maximum Gasteiger partial charge on any atom is 0.239 e. The molecule has 1 aliphatic heterocycles. The van der Waals surface area contributed by atoms with Crippen molar-refractivity contribution in [3.8, 4) is 0 Å². The number of hydrogen-bond donors (Lipinski definition) is 1. The molecule has 0 aliphatic carbocycles. The Morgan fingerprint density at radius 1 is 0.931 bits per heavy atom. The zero-order valence-electron chi connectivity index (χ0n) is 16.5. The molecule has 148 valence electrons. The van der Waals surface area contributed by atoms with Crippen LogP contribution in [0.5, 0.6) is 0 Å². The van der Waals surface area contributed by atoms with Gasteiger partial charge < -0.3 is 10.2 Å². The Hall–Kier alpha value is -2.72. The van der Waals surface area contributed by atoms with E-state index in [0.717, 1.165) is 25.1 Å². The summed E-state index contributed by atoms with van der Waals surface area (Å²) >= 11 is 1.90. The summed E-state index contributed by atoms with van der Waals surface area (Å²) in [7, 11) is 0. The molecule has 1 aliphatic rings. The number of benzene rings is 3. The monoisotopic (exact) mass is 402 g/mol. The van der Waals surface area contributed by atoms with Crippen LogP contribution >= 0.6 is 11.8 Å². The summed E-state index contributed by atoms with van der Waals surface area (Å²) in [4.78, 5) is 16.1. The van der Waals surface area contributed by atoms with E-state index in [9.17, 15) is 4.79 Å². The number of nitrogens with one attached hydrogen (secondary N) is 1. The van der Waals surface area contributed by atoms with Crippen LogP contribution in [-0.4, -0.2) is 25.5 Å². The standard InChI is InChI=1S/C25H26N2OS/c28-25(26-17-15-20-9-3-1-4-10-20)19-27-18-16-23(21-11-5-2-6-12-21)29-24-14-8-7-13-22(24)27/h1-14,23H,15-19H2,(H,26,28). The van der Waals surface area contributed by atoms with Gasteiger partial charge in [0, 0.05) is 23.2 Å². The Morgan fingerprint density at radius 2 is 1.62 bits per heavy atom. The van der Waals surface area contributed by atoms with Gasteiger partial charge in [0.25, 0.3) is 0 Å². The van der Waals surface area contributed by atoms with E-state index in [1.54, 1.807) is 0 Å². The molecule has 1 amide bonds. The van der Waals surface area contributed by atoms with E-state index >= 15 is 0 Å². The summed E-state index contributed by atoms with van der Waals surface area (Å²) in [6, 6.07) is 29.4. The molecular formula is C25H26N2OS. The Balaban J connectivity index is 1.40. The molecule has 0 bridgehead atoms. The second-order valence-electron chi connectivity index (χ2n) is 7.28. The fourth-order valence-electron chi connectivity index (χ4n) is 3.71. The van der Waals surface area contributed by atoms with Gasteiger partial charge in [0.15, 0.2) is 0 Å². The molecule has 0 spiro atoms. The normalized spacial score (nSPS) is 16.0. The topological polar surface area (TPSA) is 32.3 Å². The lowest BCUT2D eigenvalue weighted by Gasteiger charge is -2.24. The second-order valence-corrected chi connectivity index (χ2v) is 8.53. The summed E-state index contributed by atoms with van der Waals surface area (Å²) in [5.41, 5.74) is 3.76. The maximum absolute atomic E-state index is 12.6. The van der Waals surface area contributed by atoms with E-state index in [-0.39, 0.29) is 5.91 Å². The maximum atomic E-state index is 12.6. The minimum atomic E-state index is 0.0823. The number of amides is 1. The van der Waals surface area contributed by atoms with Crippen LogP contribution < -0.4 is 10.2 Å². The summed E-state index contributed by atoms with van der Waals surface area (Å²) in [6.45, 7) is 1.93. The van der Waals surface area contributed by atoms with Gasteiger partial charge >= 0.3 is 0 Å². The van der Waals surface area contributed by atoms with E-state index < -0.39 is 0 Å². The van der Waals surface area contributed by atoms with Gasteiger partial charge in [-0.2, -0.15) is 0 Å². The largest absolute Gasteiger partial charge is 0.361 e. The van der Waals surface area contributed by atoms with Crippen molar-refractivity contribution >= 4 is 23.4 Å². The molecule has 1 heterocycles. The smallest absolute Gasteiger partial charge is 0.239 e. The van der Waals surface area contributed by atoms with Crippen LogP contribution in [0.1, 0.15) is 22.8 Å². The number of hydrogen-bond acceptors (Lipinski definition) is 3. The van der Waals surface area contributed by atoms with Crippen molar-refractivity contribution in [2.75, 3.05) is 24.5 Å². The van der Waals surface area contributed by atoms with E-state index in [1.165, 1.54) is 16.0 Å². The lowest BCUT2D eigenvalue weighted by Crippen LogP contribution is -2.38. The summed E-state index contributed by atoms with van der Waals surface area (Å²) < 4.78 is 0. The van der Waals surface area contributed by atoms with Gasteiger partial charge in [0.2, 0.25) is 5.91 Å². The number of para-hydroxylation sites is 1. The second kappa shape index (κ2) is 9.66. The van der Waals surface area contributed by atoms with Crippen molar-refractivity contribution in [1.29, 1.82) is 0 Å². The lowest BCUT2D eigenvalue weighted by atomic mass is 10.1. The van der Waals surface area contributed by atoms with E-state index in [2.05, 4.69) is 76.9 Å². The summed E-state index contributed by atoms with van der Waals surface area (Å²) in [5, 5.41) is 3.49. The molecule has 0 fully saturated rings. The summed E-state index contributed by atoms with van der Waals surface area (Å²) in [5.74, 6) is 0.0823. The molecule has 1 N–H and O–H groups in total. The lowest BCUT2D eigenvalue weighted by molar-refractivity contribution is -0.119. The molecule has 3 aromatic rings. The molecule has 0 aromatic heterocycles. The first-order chi connectivity index (χ1) is 14.3. The molecule has 0 saturated heterocycles. The van der Waals surface area contributed by atoms with Crippen LogP contribution in [0, 0.1) is 0 Å². The first-order valence-electron chi connectivity index (χ1n) is 10.2. The molecule has 1 unspecified atom stereocenters. The van der Waals surface area contributed by atoms with E-state index in [1.807, 2.05) is 30.0 Å². The Labute approximate surface area is 177 Å². The highest BCUT2D eigenvalue weighted by Gasteiger charge is 2.24. The minimum absolute atomic E-state index is 0.0823. The van der Waals surface area contributed by atoms with Crippen molar-refractivity contribution in [2.45, 2.75) is 23.0 Å². The number of rotatable bonds is 6. The molecule has 3 aromatic carbocycles. The van der Waals surface area contributed by atoms with Crippen LogP contribution in [0.3, 0.4) is 0 Å². The van der Waals surface area contributed by atoms with Crippen molar-refractivity contribution in [1.82, 2.24) is 5.32 Å². The van der Waals surface area contributed by atoms with Gasteiger partial charge in [0.1, 0.15) is 0 Å². The zero-order valence-corrected chi connectivity index (χ0v) is 17.3. The Morgan fingerprint density at radius 3 is 2.41 bits per heavy atom. The third-order valence-corrected chi connectivity index (χ3v) is 6.61. The molecule has 0 saturated carbocycles. The SMILES string of the molecule is O=C(CN1CCC(c2ccccc2)Sc2ccccc21)NCCc1ccccc1. The van der Waals surface area contributed by atoms with Gasteiger partial charge in [-0.15, -0.1) is 11.8 Å². The zero-order chi connectivity index (χ0) is 19.9. The van der Waals surface area contributed by atoms with E-state index in [4.69, 9.17) is 0 Å². The van der Waals surface area contributed by atoms with Gasteiger partial charge in [-0.3, -0.25) is 4.79 Å². The molecule has 4 heteroatoms. The van der Waals surface area contributed by atoms with Crippen molar-refractivity contribution in [3.05, 3.63) is 96.1 Å². The van der Waals surface area contributed by atoms with Gasteiger partial charge in [-0.25, -0.2) is 0 Å². The predicted octanol–water partition coefficient (Wildman–Crippen LogP) is 5.09. The first-order valence-corrected chi connectivity index (χ1v) is 11.0. The number of anilines is 1. The highest BCUT2D eigenvalue weighted by atomic mass is 32.2. The van der Waals surface area contributed by atoms with Crippen LogP contribution in [0.4, 0.5) is 5.69 Å². The molecular weight excluding hydrogens is 376 g/mol. The summed E-state index contributed by atoms with van der Waals surface area (Å²) in [6.07, 6.45) is 1.87. The number of carbonyl (C=O) groups is 1. The molecule has 1 atom stereocenters. The quantitative estimate of drug-likeness (QED) is 0.623. The number of fused-ring (bicyclic) bond motifs is 1. The molecule has 0 radical (unpaired) electrons. The van der Waals surface area contributed by atoms with Gasteiger partial charge in [-0.1, -0.05) is 72.8 Å². The van der Waals surface area contributed by atoms with Gasteiger partial charge in [0.05, 0.1) is 12.2 Å². The highest BCUT2D eigenvalue weighted by Crippen LogP contribution is 2.44.